The van der Waals surface area contributed by atoms with Crippen LogP contribution in [-0.4, -0.2) is 101 Å². The SMILES string of the molecule is C[C@@H]1CN(CC(=O)N2CC(C)(C)c3ncc(Cc4ccc(F)cc4)cc32)[C@@H](CN2CCCC(F)C2)CN1C(=O)OC(C)(C)C. The molecule has 240 valence electrons. The molecular weight excluding hydrogens is 564 g/mol. The van der Waals surface area contributed by atoms with Crippen molar-refractivity contribution in [3.05, 3.63) is 59.2 Å². The largest absolute Gasteiger partial charge is 0.444 e. The van der Waals surface area contributed by atoms with Crippen molar-refractivity contribution in [2.45, 2.75) is 90.1 Å². The molecule has 1 unspecified atom stereocenters. The van der Waals surface area contributed by atoms with E-state index in [1.807, 2.05) is 44.9 Å². The number of anilines is 1. The van der Waals surface area contributed by atoms with Gasteiger partial charge in [-0.25, -0.2) is 13.6 Å². The molecule has 44 heavy (non-hydrogen) atoms. The van der Waals surface area contributed by atoms with Crippen LogP contribution >= 0.6 is 0 Å². The standard InChI is InChI=1S/C34H47F2N5O3/c1-23-17-39(28(19-38-13-7-8-27(36)18-38)20-40(23)32(43)44-33(2,3)4)21-30(42)41-22-34(5,6)31-29(41)15-25(16-37-31)14-24-9-11-26(35)12-10-24/h9-12,15-16,23,27-28H,7-8,13-14,17-22H2,1-6H3/t23-,27?,28+/m1/s1. The number of likely N-dealkylation sites (tertiary alicyclic amines) is 1. The summed E-state index contributed by atoms with van der Waals surface area (Å²) in [5, 5.41) is 0. The maximum Gasteiger partial charge on any atom is 0.410 e. The monoisotopic (exact) mass is 611 g/mol. The fraction of sp³-hybridized carbons (Fsp3) is 0.618. The van der Waals surface area contributed by atoms with E-state index in [0.717, 1.165) is 35.5 Å². The number of carbonyl (C=O) groups is 2. The zero-order valence-corrected chi connectivity index (χ0v) is 27.0. The molecule has 1 aromatic heterocycles. The second kappa shape index (κ2) is 12.7. The summed E-state index contributed by atoms with van der Waals surface area (Å²) < 4.78 is 33.5. The van der Waals surface area contributed by atoms with Crippen LogP contribution < -0.4 is 4.90 Å². The van der Waals surface area contributed by atoms with Crippen molar-refractivity contribution in [3.8, 4) is 0 Å². The molecule has 2 amide bonds. The van der Waals surface area contributed by atoms with Crippen molar-refractivity contribution in [1.29, 1.82) is 0 Å². The molecule has 0 bridgehead atoms. The average Bonchev–Trinajstić information content (AvgIpc) is 3.20. The van der Waals surface area contributed by atoms with Gasteiger partial charge in [-0.1, -0.05) is 26.0 Å². The van der Waals surface area contributed by atoms with Crippen LogP contribution in [0, 0.1) is 5.82 Å². The Kier molecular flexibility index (Phi) is 9.33. The minimum absolute atomic E-state index is 0.0255. The maximum absolute atomic E-state index is 14.3. The second-order valence-corrected chi connectivity index (χ2v) is 14.4. The van der Waals surface area contributed by atoms with Crippen LogP contribution in [0.25, 0.3) is 0 Å². The number of carbonyl (C=O) groups excluding carboxylic acids is 2. The molecule has 0 saturated carbocycles. The lowest BCUT2D eigenvalue weighted by atomic mass is 9.91. The summed E-state index contributed by atoms with van der Waals surface area (Å²) in [7, 11) is 0. The fourth-order valence-corrected chi connectivity index (χ4v) is 6.71. The van der Waals surface area contributed by atoms with Gasteiger partial charge in [-0.3, -0.25) is 19.6 Å². The lowest BCUT2D eigenvalue weighted by Gasteiger charge is -2.47. The summed E-state index contributed by atoms with van der Waals surface area (Å²) in [6.07, 6.45) is 2.59. The van der Waals surface area contributed by atoms with Gasteiger partial charge in [0.1, 0.15) is 17.6 Å². The number of fused-ring (bicyclic) bond motifs is 1. The van der Waals surface area contributed by atoms with Crippen LogP contribution in [0.1, 0.15) is 71.2 Å². The number of amides is 2. The van der Waals surface area contributed by atoms with Gasteiger partial charge in [0.05, 0.1) is 17.9 Å². The predicted octanol–water partition coefficient (Wildman–Crippen LogP) is 5.18. The predicted molar refractivity (Wildman–Crippen MR) is 167 cm³/mol. The van der Waals surface area contributed by atoms with E-state index >= 15 is 0 Å². The molecule has 3 aliphatic heterocycles. The zero-order valence-electron chi connectivity index (χ0n) is 27.0. The summed E-state index contributed by atoms with van der Waals surface area (Å²) in [4.78, 5) is 39.9. The molecule has 3 atom stereocenters. The van der Waals surface area contributed by atoms with Crippen LogP contribution in [0.5, 0.6) is 0 Å². The highest BCUT2D eigenvalue weighted by atomic mass is 19.1. The van der Waals surface area contributed by atoms with Gasteiger partial charge >= 0.3 is 6.09 Å². The number of ether oxygens (including phenoxy) is 1. The molecule has 2 aromatic rings. The highest BCUT2D eigenvalue weighted by Crippen LogP contribution is 2.40. The van der Waals surface area contributed by atoms with Crippen molar-refractivity contribution in [2.75, 3.05) is 50.7 Å². The molecule has 2 saturated heterocycles. The van der Waals surface area contributed by atoms with Crippen LogP contribution in [0.3, 0.4) is 0 Å². The molecule has 1 aromatic carbocycles. The molecule has 3 aliphatic rings. The third-order valence-electron chi connectivity index (χ3n) is 8.87. The van der Waals surface area contributed by atoms with Crippen LogP contribution in [-0.2, 0) is 21.4 Å². The fourth-order valence-electron chi connectivity index (χ4n) is 6.71. The Hall–Kier alpha value is -3.11. The summed E-state index contributed by atoms with van der Waals surface area (Å²) in [5.74, 6) is -0.300. The first kappa shape index (κ1) is 32.3. The quantitative estimate of drug-likeness (QED) is 0.449. The highest BCUT2D eigenvalue weighted by Gasteiger charge is 2.42. The van der Waals surface area contributed by atoms with Gasteiger partial charge in [-0.05, 0) is 82.8 Å². The van der Waals surface area contributed by atoms with Crippen molar-refractivity contribution in [2.24, 2.45) is 0 Å². The maximum atomic E-state index is 14.3. The van der Waals surface area contributed by atoms with E-state index in [1.165, 1.54) is 12.1 Å². The summed E-state index contributed by atoms with van der Waals surface area (Å²) in [6.45, 7) is 15.1. The Balaban J connectivity index is 1.35. The number of benzene rings is 1. The number of alkyl halides is 1. The van der Waals surface area contributed by atoms with Crippen LogP contribution in [0.2, 0.25) is 0 Å². The minimum Gasteiger partial charge on any atom is -0.444 e. The lowest BCUT2D eigenvalue weighted by molar-refractivity contribution is -0.121. The normalized spacial score (nSPS) is 24.3. The van der Waals surface area contributed by atoms with Gasteiger partial charge in [0.25, 0.3) is 0 Å². The molecule has 2 fully saturated rings. The van der Waals surface area contributed by atoms with Crippen molar-refractivity contribution >= 4 is 17.7 Å². The number of halogens is 2. The number of nitrogens with zero attached hydrogens (tertiary/aromatic N) is 5. The van der Waals surface area contributed by atoms with E-state index in [4.69, 9.17) is 9.72 Å². The number of pyridine rings is 1. The van der Waals surface area contributed by atoms with Crippen molar-refractivity contribution in [1.82, 2.24) is 19.7 Å². The number of piperidine rings is 1. The summed E-state index contributed by atoms with van der Waals surface area (Å²) in [5.41, 5.74) is 2.69. The Morgan fingerprint density at radius 1 is 1.09 bits per heavy atom. The lowest BCUT2D eigenvalue weighted by Crippen LogP contribution is -2.63. The smallest absolute Gasteiger partial charge is 0.410 e. The van der Waals surface area contributed by atoms with E-state index in [0.29, 0.717) is 45.6 Å². The van der Waals surface area contributed by atoms with Gasteiger partial charge in [-0.15, -0.1) is 0 Å². The van der Waals surface area contributed by atoms with Crippen LogP contribution in [0.4, 0.5) is 19.3 Å². The Bertz CT molecular complexity index is 1350. The van der Waals surface area contributed by atoms with Gasteiger partial charge in [0, 0.05) is 56.4 Å². The number of hydrogen-bond donors (Lipinski definition) is 0. The molecule has 0 aliphatic carbocycles. The third-order valence-corrected chi connectivity index (χ3v) is 8.87. The van der Waals surface area contributed by atoms with Gasteiger partial charge in [-0.2, -0.15) is 0 Å². The Labute approximate surface area is 260 Å². The number of rotatable bonds is 6. The Morgan fingerprint density at radius 3 is 2.50 bits per heavy atom. The Morgan fingerprint density at radius 2 is 1.82 bits per heavy atom. The van der Waals surface area contributed by atoms with Crippen LogP contribution in [0.15, 0.2) is 36.5 Å². The van der Waals surface area contributed by atoms with E-state index < -0.39 is 11.8 Å². The molecule has 0 N–H and O–H groups in total. The van der Waals surface area contributed by atoms with Gasteiger partial charge in [0.2, 0.25) is 5.91 Å². The third kappa shape index (κ3) is 7.57. The summed E-state index contributed by atoms with van der Waals surface area (Å²) in [6, 6.07) is 8.16. The molecule has 5 rings (SSSR count). The molecule has 8 nitrogen and oxygen atoms in total. The number of piperazine rings is 1. The number of hydrogen-bond acceptors (Lipinski definition) is 6. The van der Waals surface area contributed by atoms with Gasteiger partial charge in [0.15, 0.2) is 0 Å². The van der Waals surface area contributed by atoms with Crippen molar-refractivity contribution < 1.29 is 23.1 Å². The van der Waals surface area contributed by atoms with E-state index in [-0.39, 0.29) is 41.9 Å². The molecule has 0 radical (unpaired) electrons. The molecule has 4 heterocycles. The van der Waals surface area contributed by atoms with E-state index in [9.17, 15) is 18.4 Å². The average molecular weight is 612 g/mol. The zero-order chi connectivity index (χ0) is 31.8. The molecule has 10 heteroatoms. The van der Waals surface area contributed by atoms with Crippen molar-refractivity contribution in [3.63, 3.8) is 0 Å². The molecular formula is C34H47F2N5O3. The highest BCUT2D eigenvalue weighted by molar-refractivity contribution is 5.97. The first-order valence-corrected chi connectivity index (χ1v) is 15.8. The van der Waals surface area contributed by atoms with Gasteiger partial charge < -0.3 is 14.5 Å². The minimum atomic E-state index is -0.858. The summed E-state index contributed by atoms with van der Waals surface area (Å²) >= 11 is 0. The second-order valence-electron chi connectivity index (χ2n) is 14.4. The first-order valence-electron chi connectivity index (χ1n) is 15.8. The topological polar surface area (TPSA) is 69.2 Å². The van der Waals surface area contributed by atoms with E-state index in [1.54, 1.807) is 17.0 Å². The number of aromatic nitrogens is 1. The van der Waals surface area contributed by atoms with E-state index in [2.05, 4.69) is 23.6 Å². The molecule has 0 spiro atoms. The first-order chi connectivity index (χ1) is 20.7.